The second-order valence-corrected chi connectivity index (χ2v) is 7.59. The lowest BCUT2D eigenvalue weighted by atomic mass is 10.2. The van der Waals surface area contributed by atoms with Crippen LogP contribution in [0.2, 0.25) is 5.02 Å². The van der Waals surface area contributed by atoms with Gasteiger partial charge in [-0.2, -0.15) is 4.68 Å². The van der Waals surface area contributed by atoms with Gasteiger partial charge in [-0.3, -0.25) is 0 Å². The third-order valence-corrected chi connectivity index (χ3v) is 5.28. The molecule has 0 radical (unpaired) electrons. The van der Waals surface area contributed by atoms with Gasteiger partial charge in [-0.25, -0.2) is 9.37 Å². The monoisotopic (exact) mass is 449 g/mol. The van der Waals surface area contributed by atoms with Crippen molar-refractivity contribution in [3.05, 3.63) is 63.2 Å². The molecule has 0 bridgehead atoms. The lowest BCUT2D eigenvalue weighted by molar-refractivity contribution is 0.607. The molecule has 0 aliphatic heterocycles. The molecule has 0 atom stereocenters. The lowest BCUT2D eigenvalue weighted by Gasteiger charge is -2.04. The Morgan fingerprint density at radius 3 is 2.65 bits per heavy atom. The fraction of sp³-hybridized carbons (Fsp3) is 0. The molecule has 4 rings (SSSR count). The summed E-state index contributed by atoms with van der Waals surface area (Å²) in [6, 6.07) is 12.0. The summed E-state index contributed by atoms with van der Waals surface area (Å²) in [6.07, 6.45) is 0. The van der Waals surface area contributed by atoms with Gasteiger partial charge in [-0.05, 0) is 30.3 Å². The number of benzene rings is 2. The maximum absolute atomic E-state index is 14.2. The van der Waals surface area contributed by atoms with Gasteiger partial charge in [-0.1, -0.05) is 44.9 Å². The van der Waals surface area contributed by atoms with E-state index in [4.69, 9.17) is 17.3 Å². The average molecular weight is 451 g/mol. The topological polar surface area (TPSA) is 69.6 Å². The van der Waals surface area contributed by atoms with Crippen LogP contribution in [0.15, 0.2) is 52.3 Å². The van der Waals surface area contributed by atoms with Crippen molar-refractivity contribution in [3.8, 4) is 27.6 Å². The molecule has 9 heteroatoms. The van der Waals surface area contributed by atoms with Gasteiger partial charge < -0.3 is 5.73 Å². The van der Waals surface area contributed by atoms with Gasteiger partial charge in [0, 0.05) is 20.4 Å². The van der Waals surface area contributed by atoms with Crippen LogP contribution < -0.4 is 5.73 Å². The van der Waals surface area contributed by atoms with Crippen molar-refractivity contribution in [2.24, 2.45) is 0 Å². The summed E-state index contributed by atoms with van der Waals surface area (Å²) < 4.78 is 16.1. The first-order chi connectivity index (χ1) is 12.5. The standard InChI is InChI=1S/C17H10BrClFN5S/c18-10-3-6-14(12(20)7-10)25-16(21)15(23-24-25)17-22-13(8-26-17)9-1-4-11(19)5-2-9/h1-8H,21H2. The van der Waals surface area contributed by atoms with E-state index in [9.17, 15) is 4.39 Å². The zero-order chi connectivity index (χ0) is 18.3. The molecule has 2 aromatic heterocycles. The van der Waals surface area contributed by atoms with Crippen molar-refractivity contribution in [2.45, 2.75) is 0 Å². The van der Waals surface area contributed by atoms with Crippen LogP contribution in [-0.4, -0.2) is 20.0 Å². The van der Waals surface area contributed by atoms with Crippen LogP contribution in [0, 0.1) is 5.82 Å². The van der Waals surface area contributed by atoms with E-state index >= 15 is 0 Å². The second-order valence-electron chi connectivity index (χ2n) is 5.38. The number of hydrogen-bond donors (Lipinski definition) is 1. The predicted molar refractivity (Wildman–Crippen MR) is 105 cm³/mol. The molecule has 0 aliphatic carbocycles. The minimum Gasteiger partial charge on any atom is -0.382 e. The number of nitrogen functional groups attached to an aromatic ring is 1. The Hall–Kier alpha value is -2.29. The number of rotatable bonds is 3. The van der Waals surface area contributed by atoms with Crippen molar-refractivity contribution in [2.75, 3.05) is 5.73 Å². The molecule has 2 N–H and O–H groups in total. The Bertz CT molecular complexity index is 1090. The molecule has 4 aromatic rings. The number of nitrogens with two attached hydrogens (primary N) is 1. The first kappa shape index (κ1) is 17.1. The van der Waals surface area contributed by atoms with Gasteiger partial charge in [0.1, 0.15) is 16.5 Å². The average Bonchev–Trinajstić information content (AvgIpc) is 3.23. The molecule has 5 nitrogen and oxygen atoms in total. The van der Waals surface area contributed by atoms with Crippen LogP contribution in [0.5, 0.6) is 0 Å². The number of nitrogens with zero attached hydrogens (tertiary/aromatic N) is 4. The summed E-state index contributed by atoms with van der Waals surface area (Å²) in [4.78, 5) is 4.56. The normalized spacial score (nSPS) is 11.0. The maximum Gasteiger partial charge on any atom is 0.165 e. The molecule has 26 heavy (non-hydrogen) atoms. The van der Waals surface area contributed by atoms with Crippen molar-refractivity contribution in [1.82, 2.24) is 20.0 Å². The molecular weight excluding hydrogens is 441 g/mol. The third-order valence-electron chi connectivity index (χ3n) is 3.69. The second kappa shape index (κ2) is 6.79. The van der Waals surface area contributed by atoms with Gasteiger partial charge in [0.05, 0.1) is 5.69 Å². The number of thiazole rings is 1. The van der Waals surface area contributed by atoms with E-state index in [0.717, 1.165) is 11.3 Å². The quantitative estimate of drug-likeness (QED) is 0.466. The largest absolute Gasteiger partial charge is 0.382 e. The fourth-order valence-electron chi connectivity index (χ4n) is 2.41. The summed E-state index contributed by atoms with van der Waals surface area (Å²) in [5.41, 5.74) is 8.50. The summed E-state index contributed by atoms with van der Waals surface area (Å²) in [5.74, 6) is -0.230. The van der Waals surface area contributed by atoms with Gasteiger partial charge in [0.25, 0.3) is 0 Å². The van der Waals surface area contributed by atoms with Crippen LogP contribution in [0.25, 0.3) is 27.6 Å². The Labute approximate surface area is 165 Å². The van der Waals surface area contributed by atoms with E-state index < -0.39 is 5.82 Å². The number of anilines is 1. The van der Waals surface area contributed by atoms with Gasteiger partial charge in [0.2, 0.25) is 0 Å². The highest BCUT2D eigenvalue weighted by atomic mass is 79.9. The zero-order valence-corrected chi connectivity index (χ0v) is 16.2. The van der Waals surface area contributed by atoms with E-state index in [1.165, 1.54) is 22.1 Å². The Kier molecular flexibility index (Phi) is 4.47. The van der Waals surface area contributed by atoms with Gasteiger partial charge in [0.15, 0.2) is 11.5 Å². The van der Waals surface area contributed by atoms with Crippen LogP contribution in [0.4, 0.5) is 10.2 Å². The molecule has 2 aromatic carbocycles. The van der Waals surface area contributed by atoms with Crippen LogP contribution in [0.1, 0.15) is 0 Å². The third kappa shape index (κ3) is 3.11. The Morgan fingerprint density at radius 1 is 1.15 bits per heavy atom. The summed E-state index contributed by atoms with van der Waals surface area (Å²) in [6.45, 7) is 0. The smallest absolute Gasteiger partial charge is 0.165 e. The van der Waals surface area contributed by atoms with Crippen LogP contribution in [-0.2, 0) is 0 Å². The minimum absolute atomic E-state index is 0.221. The minimum atomic E-state index is -0.455. The molecular formula is C17H10BrClFN5S. The van der Waals surface area contributed by atoms with E-state index in [0.29, 0.717) is 20.2 Å². The summed E-state index contributed by atoms with van der Waals surface area (Å²) >= 11 is 10.5. The molecule has 0 saturated carbocycles. The van der Waals surface area contributed by atoms with E-state index in [1.807, 2.05) is 17.5 Å². The van der Waals surface area contributed by atoms with Crippen LogP contribution in [0.3, 0.4) is 0 Å². The first-order valence-corrected chi connectivity index (χ1v) is 9.46. The summed E-state index contributed by atoms with van der Waals surface area (Å²) in [7, 11) is 0. The molecule has 130 valence electrons. The molecule has 0 saturated heterocycles. The highest BCUT2D eigenvalue weighted by Crippen LogP contribution is 2.32. The van der Waals surface area contributed by atoms with E-state index in [2.05, 4.69) is 31.2 Å². The number of aromatic nitrogens is 4. The number of halogens is 3. The SMILES string of the molecule is Nc1c(-c2nc(-c3ccc(Cl)cc3)cs2)nnn1-c1ccc(Br)cc1F. The summed E-state index contributed by atoms with van der Waals surface area (Å²) in [5, 5.41) is 11.2. The molecule has 0 unspecified atom stereocenters. The maximum atomic E-state index is 14.2. The highest BCUT2D eigenvalue weighted by molar-refractivity contribution is 9.10. The molecule has 0 amide bonds. The van der Waals surface area contributed by atoms with Gasteiger partial charge in [-0.15, -0.1) is 16.4 Å². The molecule has 2 heterocycles. The Morgan fingerprint density at radius 2 is 1.92 bits per heavy atom. The molecule has 0 aliphatic rings. The van der Waals surface area contributed by atoms with E-state index in [1.54, 1.807) is 24.3 Å². The van der Waals surface area contributed by atoms with Crippen molar-refractivity contribution in [1.29, 1.82) is 0 Å². The lowest BCUT2D eigenvalue weighted by Crippen LogP contribution is -2.04. The van der Waals surface area contributed by atoms with Crippen LogP contribution >= 0.6 is 38.9 Å². The predicted octanol–water partition coefficient (Wildman–Crippen LogP) is 5.20. The molecule has 0 fully saturated rings. The number of hydrogen-bond acceptors (Lipinski definition) is 5. The molecule has 0 spiro atoms. The fourth-order valence-corrected chi connectivity index (χ4v) is 3.69. The zero-order valence-electron chi connectivity index (χ0n) is 13.0. The highest BCUT2D eigenvalue weighted by Gasteiger charge is 2.18. The van der Waals surface area contributed by atoms with Crippen molar-refractivity contribution >= 4 is 44.7 Å². The van der Waals surface area contributed by atoms with E-state index in [-0.39, 0.29) is 11.5 Å². The first-order valence-electron chi connectivity index (χ1n) is 7.41. The van der Waals surface area contributed by atoms with Gasteiger partial charge >= 0.3 is 0 Å². The van der Waals surface area contributed by atoms with Crippen molar-refractivity contribution < 1.29 is 4.39 Å². The van der Waals surface area contributed by atoms with Crippen molar-refractivity contribution in [3.63, 3.8) is 0 Å². The Balaban J connectivity index is 1.72.